The number of carbonyl (C=O) groups excluding carboxylic acids is 3. The molecule has 178 valence electrons. The first-order chi connectivity index (χ1) is 16.2. The van der Waals surface area contributed by atoms with E-state index in [1.807, 2.05) is 6.92 Å². The summed E-state index contributed by atoms with van der Waals surface area (Å²) in [7, 11) is -1.53. The number of benzene rings is 2. The van der Waals surface area contributed by atoms with E-state index >= 15 is 0 Å². The number of Topliss-reactive ketones (excluding diaryl/α,β-unsaturated/α-hetero) is 1. The number of carbonyl (C=O) groups is 3. The van der Waals surface area contributed by atoms with Crippen LogP contribution < -0.4 is 0 Å². The van der Waals surface area contributed by atoms with Crippen molar-refractivity contribution in [2.75, 3.05) is 20.8 Å². The highest BCUT2D eigenvalue weighted by atomic mass is 32.2. The van der Waals surface area contributed by atoms with E-state index in [0.717, 1.165) is 9.87 Å². The molecule has 2 aromatic rings. The van der Waals surface area contributed by atoms with Crippen molar-refractivity contribution in [3.8, 4) is 0 Å². The van der Waals surface area contributed by atoms with Crippen LogP contribution >= 0.6 is 0 Å². The van der Waals surface area contributed by atoms with Crippen LogP contribution in [0.3, 0.4) is 0 Å². The summed E-state index contributed by atoms with van der Waals surface area (Å²) in [6.45, 7) is 1.76. The van der Waals surface area contributed by atoms with Crippen LogP contribution in [0.1, 0.15) is 34.3 Å². The second-order valence-electron chi connectivity index (χ2n) is 8.43. The van der Waals surface area contributed by atoms with Crippen LogP contribution in [0.2, 0.25) is 0 Å². The van der Waals surface area contributed by atoms with E-state index in [2.05, 4.69) is 0 Å². The first-order valence-electron chi connectivity index (χ1n) is 10.8. The number of ether oxygens (including phenoxy) is 2. The minimum atomic E-state index is -4.04. The van der Waals surface area contributed by atoms with Gasteiger partial charge in [0.05, 0.1) is 24.7 Å². The average Bonchev–Trinajstić information content (AvgIpc) is 3.17. The zero-order chi connectivity index (χ0) is 24.6. The Balaban J connectivity index is 1.78. The zero-order valence-corrected chi connectivity index (χ0v) is 19.9. The molecule has 0 unspecified atom stereocenters. The lowest BCUT2D eigenvalue weighted by Crippen LogP contribution is -2.50. The van der Waals surface area contributed by atoms with E-state index in [-0.39, 0.29) is 36.0 Å². The van der Waals surface area contributed by atoms with Crippen molar-refractivity contribution in [1.29, 1.82) is 0 Å². The van der Waals surface area contributed by atoms with Crippen LogP contribution in [0.25, 0.3) is 5.57 Å². The van der Waals surface area contributed by atoms with Gasteiger partial charge in [-0.1, -0.05) is 29.8 Å². The largest absolute Gasteiger partial charge is 0.468 e. The SMILES string of the molecule is COC(=O)c1ccc(C2=C3CN(S(=O)(=O)c4ccc(C)cc4)[C@H](C(=O)OC)C[C@H]3CC2=O)cc1. The highest BCUT2D eigenvalue weighted by molar-refractivity contribution is 7.89. The van der Waals surface area contributed by atoms with Gasteiger partial charge < -0.3 is 9.47 Å². The normalized spacial score (nSPS) is 20.7. The highest BCUT2D eigenvalue weighted by Crippen LogP contribution is 2.43. The molecule has 0 saturated carbocycles. The quantitative estimate of drug-likeness (QED) is 0.602. The van der Waals surface area contributed by atoms with Crippen molar-refractivity contribution >= 4 is 33.3 Å². The number of aryl methyl sites for hydroxylation is 1. The second kappa shape index (κ2) is 9.15. The molecule has 1 aliphatic heterocycles. The van der Waals surface area contributed by atoms with Crippen LogP contribution in [0, 0.1) is 12.8 Å². The molecule has 0 aromatic heterocycles. The molecule has 1 heterocycles. The summed E-state index contributed by atoms with van der Waals surface area (Å²) < 4.78 is 37.9. The summed E-state index contributed by atoms with van der Waals surface area (Å²) in [5.74, 6) is -1.53. The molecule has 1 aliphatic carbocycles. The van der Waals surface area contributed by atoms with E-state index in [0.29, 0.717) is 22.3 Å². The lowest BCUT2D eigenvalue weighted by Gasteiger charge is -2.37. The summed E-state index contributed by atoms with van der Waals surface area (Å²) in [4.78, 5) is 37.4. The first kappa shape index (κ1) is 23.8. The number of allylic oxidation sites excluding steroid dienone is 1. The fraction of sp³-hybridized carbons (Fsp3) is 0.320. The third kappa shape index (κ3) is 4.17. The van der Waals surface area contributed by atoms with Gasteiger partial charge in [0.1, 0.15) is 6.04 Å². The summed E-state index contributed by atoms with van der Waals surface area (Å²) in [5.41, 5.74) is 2.96. The molecule has 9 heteroatoms. The minimum Gasteiger partial charge on any atom is -0.468 e. The molecular weight excluding hydrogens is 458 g/mol. The maximum atomic E-state index is 13.6. The predicted octanol–water partition coefficient (Wildman–Crippen LogP) is 2.76. The topological polar surface area (TPSA) is 107 Å². The second-order valence-corrected chi connectivity index (χ2v) is 10.3. The highest BCUT2D eigenvalue weighted by Gasteiger charge is 2.47. The number of hydrogen-bond acceptors (Lipinski definition) is 7. The Hall–Kier alpha value is -3.30. The number of nitrogens with zero attached hydrogens (tertiary/aromatic N) is 1. The zero-order valence-electron chi connectivity index (χ0n) is 19.1. The van der Waals surface area contributed by atoms with Crippen LogP contribution in [0.5, 0.6) is 0 Å². The number of sulfonamides is 1. The Bertz CT molecular complexity index is 1280. The van der Waals surface area contributed by atoms with Crippen LogP contribution in [0.15, 0.2) is 59.0 Å². The number of methoxy groups -OCH3 is 2. The van der Waals surface area contributed by atoms with Crippen LogP contribution in [-0.4, -0.2) is 57.3 Å². The molecule has 0 N–H and O–H groups in total. The average molecular weight is 484 g/mol. The molecule has 0 radical (unpaired) electrons. The minimum absolute atomic E-state index is 0.0688. The summed E-state index contributed by atoms with van der Waals surface area (Å²) in [5, 5.41) is 0. The molecule has 1 fully saturated rings. The Morgan fingerprint density at radius 3 is 2.21 bits per heavy atom. The van der Waals surface area contributed by atoms with Crippen molar-refractivity contribution in [3.63, 3.8) is 0 Å². The van der Waals surface area contributed by atoms with E-state index in [4.69, 9.17) is 9.47 Å². The molecule has 2 aliphatic rings. The van der Waals surface area contributed by atoms with Gasteiger partial charge in [-0.2, -0.15) is 4.31 Å². The van der Waals surface area contributed by atoms with Gasteiger partial charge in [0.15, 0.2) is 5.78 Å². The smallest absolute Gasteiger partial charge is 0.337 e. The van der Waals surface area contributed by atoms with E-state index in [1.54, 1.807) is 36.4 Å². The van der Waals surface area contributed by atoms with E-state index in [1.165, 1.54) is 26.4 Å². The van der Waals surface area contributed by atoms with Crippen molar-refractivity contribution in [1.82, 2.24) is 4.31 Å². The molecule has 34 heavy (non-hydrogen) atoms. The fourth-order valence-corrected chi connectivity index (χ4v) is 6.18. The van der Waals surface area contributed by atoms with Gasteiger partial charge in [-0.25, -0.2) is 13.2 Å². The molecule has 0 bridgehead atoms. The first-order valence-corrected chi connectivity index (χ1v) is 12.2. The number of rotatable bonds is 5. The van der Waals surface area contributed by atoms with Gasteiger partial charge in [0, 0.05) is 18.5 Å². The fourth-order valence-electron chi connectivity index (χ4n) is 4.62. The van der Waals surface area contributed by atoms with Crippen LogP contribution in [0.4, 0.5) is 0 Å². The predicted molar refractivity (Wildman–Crippen MR) is 123 cm³/mol. The summed E-state index contributed by atoms with van der Waals surface area (Å²) in [6, 6.07) is 11.8. The molecule has 0 spiro atoms. The Morgan fingerprint density at radius 2 is 1.62 bits per heavy atom. The maximum Gasteiger partial charge on any atom is 0.337 e. The standard InChI is InChI=1S/C25H25NO7S/c1-15-4-10-19(11-5-15)34(30,31)26-14-20-18(12-21(26)25(29)33-3)13-22(27)23(20)16-6-8-17(9-7-16)24(28)32-2/h4-11,18,21H,12-14H2,1-3H3/t18-,21-/m0/s1. The molecular formula is C25H25NO7S. The third-order valence-corrected chi connectivity index (χ3v) is 8.27. The molecule has 1 saturated heterocycles. The Labute approximate surface area is 198 Å². The van der Waals surface area contributed by atoms with Crippen LogP contribution in [-0.2, 0) is 29.1 Å². The Morgan fingerprint density at radius 1 is 0.971 bits per heavy atom. The molecule has 2 aromatic carbocycles. The van der Waals surface area contributed by atoms with Crippen molar-refractivity contribution in [2.45, 2.75) is 30.7 Å². The van der Waals surface area contributed by atoms with E-state index in [9.17, 15) is 22.8 Å². The van der Waals surface area contributed by atoms with E-state index < -0.39 is 28.0 Å². The number of piperidine rings is 1. The third-order valence-electron chi connectivity index (χ3n) is 6.40. The monoisotopic (exact) mass is 483 g/mol. The van der Waals surface area contributed by atoms with Crippen molar-refractivity contribution < 1.29 is 32.3 Å². The molecule has 8 nitrogen and oxygen atoms in total. The Kier molecular flexibility index (Phi) is 6.42. The van der Waals surface area contributed by atoms with Gasteiger partial charge in [-0.15, -0.1) is 0 Å². The molecule has 4 rings (SSSR count). The van der Waals surface area contributed by atoms with Gasteiger partial charge >= 0.3 is 11.9 Å². The lowest BCUT2D eigenvalue weighted by atomic mass is 9.88. The number of ketones is 1. The van der Waals surface area contributed by atoms with Gasteiger partial charge in [0.25, 0.3) is 0 Å². The van der Waals surface area contributed by atoms with Crippen molar-refractivity contribution in [3.05, 3.63) is 70.8 Å². The summed E-state index contributed by atoms with van der Waals surface area (Å²) >= 11 is 0. The van der Waals surface area contributed by atoms with Crippen molar-refractivity contribution in [2.24, 2.45) is 5.92 Å². The lowest BCUT2D eigenvalue weighted by molar-refractivity contribution is -0.146. The van der Waals surface area contributed by atoms with Gasteiger partial charge in [-0.3, -0.25) is 9.59 Å². The van der Waals surface area contributed by atoms with Gasteiger partial charge in [0.2, 0.25) is 10.0 Å². The number of fused-ring (bicyclic) bond motifs is 1. The molecule has 2 atom stereocenters. The number of esters is 2. The number of hydrogen-bond donors (Lipinski definition) is 0. The maximum absolute atomic E-state index is 13.6. The van der Waals surface area contributed by atoms with Gasteiger partial charge in [-0.05, 0) is 54.7 Å². The molecule has 0 amide bonds. The summed E-state index contributed by atoms with van der Waals surface area (Å²) in [6.07, 6.45) is 0.345.